The lowest BCUT2D eigenvalue weighted by Crippen LogP contribution is -2.35. The van der Waals surface area contributed by atoms with E-state index >= 15 is 0 Å². The van der Waals surface area contributed by atoms with Crippen molar-refractivity contribution in [3.05, 3.63) is 99.0 Å². The first-order valence-corrected chi connectivity index (χ1v) is 12.4. The molecule has 0 aliphatic carbocycles. The molecule has 3 aromatic carbocycles. The van der Waals surface area contributed by atoms with Gasteiger partial charge in [-0.25, -0.2) is 0 Å². The minimum Gasteiger partial charge on any atom is -0.478 e. The van der Waals surface area contributed by atoms with E-state index in [9.17, 15) is 4.79 Å². The molecule has 5 rings (SSSR count). The number of hydrogen-bond acceptors (Lipinski definition) is 6. The standard InChI is InChI=1S/C26H26N6O2S2/c1-17-13-21(11-12-22(17)32-23(14-24(33)30-32)19-5-3-2-4-6-19)34-16-27-15-18-7-9-20(10-8-18)31-25(35)28-29-26(31)36/h2-13,23,27H,14-16H2,1H3,(H,28,35)(H,29,36)(H,30,33). The van der Waals surface area contributed by atoms with Crippen LogP contribution < -0.4 is 20.5 Å². The van der Waals surface area contributed by atoms with Crippen molar-refractivity contribution in [2.24, 2.45) is 0 Å². The number of rotatable bonds is 8. The zero-order valence-electron chi connectivity index (χ0n) is 19.7. The lowest BCUT2D eigenvalue weighted by Gasteiger charge is -2.27. The highest BCUT2D eigenvalue weighted by atomic mass is 32.1. The number of nitrogens with zero attached hydrogens (tertiary/aromatic N) is 2. The van der Waals surface area contributed by atoms with Crippen LogP contribution in [0.3, 0.4) is 0 Å². The molecule has 4 aromatic rings. The minimum atomic E-state index is -0.0404. The highest BCUT2D eigenvalue weighted by molar-refractivity contribution is 7.72. The predicted molar refractivity (Wildman–Crippen MR) is 144 cm³/mol. The average Bonchev–Trinajstić information content (AvgIpc) is 3.44. The number of ether oxygens (including phenoxy) is 1. The van der Waals surface area contributed by atoms with Crippen molar-refractivity contribution in [3.8, 4) is 11.4 Å². The molecule has 184 valence electrons. The molecular weight excluding hydrogens is 492 g/mol. The zero-order chi connectivity index (χ0) is 25.1. The first-order valence-electron chi connectivity index (χ1n) is 11.6. The number of hydrogen-bond donors (Lipinski definition) is 4. The van der Waals surface area contributed by atoms with Crippen molar-refractivity contribution in [1.82, 2.24) is 25.5 Å². The molecule has 1 aliphatic rings. The van der Waals surface area contributed by atoms with E-state index in [0.29, 0.717) is 29.2 Å². The Morgan fingerprint density at radius 3 is 2.42 bits per heavy atom. The van der Waals surface area contributed by atoms with Gasteiger partial charge in [0.05, 0.1) is 23.8 Å². The lowest BCUT2D eigenvalue weighted by atomic mass is 10.0. The second-order valence-electron chi connectivity index (χ2n) is 8.56. The number of anilines is 1. The Hall–Kier alpha value is -3.73. The number of nitrogens with one attached hydrogen (secondary N) is 4. The van der Waals surface area contributed by atoms with Gasteiger partial charge in [-0.2, -0.15) is 0 Å². The van der Waals surface area contributed by atoms with Crippen LogP contribution in [0, 0.1) is 16.5 Å². The van der Waals surface area contributed by atoms with Crippen LogP contribution >= 0.6 is 24.4 Å². The Bertz CT molecular complexity index is 1450. The fourth-order valence-electron chi connectivity index (χ4n) is 4.32. The van der Waals surface area contributed by atoms with Gasteiger partial charge in [-0.15, -0.1) is 0 Å². The van der Waals surface area contributed by atoms with Crippen LogP contribution in [0.2, 0.25) is 0 Å². The van der Waals surface area contributed by atoms with Crippen molar-refractivity contribution in [3.63, 3.8) is 0 Å². The summed E-state index contributed by atoms with van der Waals surface area (Å²) in [6, 6.07) is 23.9. The van der Waals surface area contributed by atoms with Gasteiger partial charge in [0.2, 0.25) is 5.91 Å². The van der Waals surface area contributed by atoms with Gasteiger partial charge >= 0.3 is 0 Å². The summed E-state index contributed by atoms with van der Waals surface area (Å²) in [5.41, 5.74) is 8.09. The molecule has 8 nitrogen and oxygen atoms in total. The lowest BCUT2D eigenvalue weighted by molar-refractivity contribution is -0.119. The maximum atomic E-state index is 12.2. The van der Waals surface area contributed by atoms with Crippen LogP contribution in [0.1, 0.15) is 29.2 Å². The maximum Gasteiger partial charge on any atom is 0.241 e. The number of amides is 1. The topological polar surface area (TPSA) is 90.1 Å². The number of aromatic nitrogens is 3. The van der Waals surface area contributed by atoms with Crippen LogP contribution in [0.25, 0.3) is 5.69 Å². The molecule has 1 saturated heterocycles. The van der Waals surface area contributed by atoms with E-state index in [1.807, 2.05) is 72.6 Å². The van der Waals surface area contributed by atoms with E-state index in [4.69, 9.17) is 29.2 Å². The Morgan fingerprint density at radius 1 is 1.00 bits per heavy atom. The van der Waals surface area contributed by atoms with Crippen molar-refractivity contribution >= 4 is 36.0 Å². The average molecular weight is 519 g/mol. The quantitative estimate of drug-likeness (QED) is 0.149. The van der Waals surface area contributed by atoms with Gasteiger partial charge in [0.1, 0.15) is 12.5 Å². The first-order chi connectivity index (χ1) is 17.5. The van der Waals surface area contributed by atoms with E-state index in [-0.39, 0.29) is 11.9 Å². The summed E-state index contributed by atoms with van der Waals surface area (Å²) >= 11 is 10.5. The van der Waals surface area contributed by atoms with Gasteiger partial charge in [-0.05, 0) is 78.4 Å². The Labute approximate surface area is 218 Å². The van der Waals surface area contributed by atoms with E-state index in [1.54, 1.807) is 4.57 Å². The van der Waals surface area contributed by atoms with Crippen LogP contribution in [-0.4, -0.2) is 27.4 Å². The fourth-order valence-corrected chi connectivity index (χ4v) is 4.87. The van der Waals surface area contributed by atoms with Crippen LogP contribution in [0.15, 0.2) is 72.8 Å². The molecule has 1 aliphatic heterocycles. The second-order valence-corrected chi connectivity index (χ2v) is 9.33. The first kappa shape index (κ1) is 24.0. The summed E-state index contributed by atoms with van der Waals surface area (Å²) in [6.07, 6.45) is 0.428. The third-order valence-corrected chi connectivity index (χ3v) is 6.66. The molecule has 36 heavy (non-hydrogen) atoms. The molecule has 10 heteroatoms. The molecule has 2 heterocycles. The molecular formula is C26H26N6O2S2. The largest absolute Gasteiger partial charge is 0.478 e. The number of aromatic amines is 2. The van der Waals surface area contributed by atoms with Crippen LogP contribution in [0.5, 0.6) is 5.75 Å². The van der Waals surface area contributed by atoms with E-state index in [1.165, 1.54) is 0 Å². The van der Waals surface area contributed by atoms with E-state index < -0.39 is 0 Å². The Morgan fingerprint density at radius 2 is 1.72 bits per heavy atom. The summed E-state index contributed by atoms with van der Waals surface area (Å²) in [5.74, 6) is 0.775. The summed E-state index contributed by atoms with van der Waals surface area (Å²) < 4.78 is 8.75. The molecule has 1 atom stereocenters. The molecule has 0 bridgehead atoms. The summed E-state index contributed by atoms with van der Waals surface area (Å²) in [4.78, 5) is 12.2. The molecule has 1 unspecified atom stereocenters. The number of benzene rings is 3. The van der Waals surface area contributed by atoms with Crippen molar-refractivity contribution in [1.29, 1.82) is 0 Å². The smallest absolute Gasteiger partial charge is 0.241 e. The molecule has 4 N–H and O–H groups in total. The highest BCUT2D eigenvalue weighted by Gasteiger charge is 2.32. The highest BCUT2D eigenvalue weighted by Crippen LogP contribution is 2.35. The normalized spacial score (nSPS) is 15.2. The maximum absolute atomic E-state index is 12.2. The Kier molecular flexibility index (Phi) is 6.99. The molecule has 1 fully saturated rings. The van der Waals surface area contributed by atoms with Gasteiger partial charge < -0.3 is 4.74 Å². The summed E-state index contributed by atoms with van der Waals surface area (Å²) in [7, 11) is 0. The third kappa shape index (κ3) is 5.11. The predicted octanol–water partition coefficient (Wildman–Crippen LogP) is 5.01. The van der Waals surface area contributed by atoms with Gasteiger partial charge in [-0.1, -0.05) is 42.5 Å². The molecule has 0 spiro atoms. The fraction of sp³-hybridized carbons (Fsp3) is 0.192. The summed E-state index contributed by atoms with van der Waals surface area (Å²) in [5, 5.41) is 10.9. The van der Waals surface area contributed by atoms with Crippen molar-refractivity contribution in [2.75, 3.05) is 11.7 Å². The molecule has 0 radical (unpaired) electrons. The van der Waals surface area contributed by atoms with E-state index in [0.717, 1.165) is 33.8 Å². The third-order valence-electron chi connectivity index (χ3n) is 6.09. The van der Waals surface area contributed by atoms with Gasteiger partial charge in [0.15, 0.2) is 9.54 Å². The van der Waals surface area contributed by atoms with Gasteiger partial charge in [0.25, 0.3) is 0 Å². The number of carbonyl (C=O) groups excluding carboxylic acids is 1. The Balaban J connectivity index is 1.18. The monoisotopic (exact) mass is 518 g/mol. The number of aryl methyl sites for hydroxylation is 1. The zero-order valence-corrected chi connectivity index (χ0v) is 21.3. The molecule has 1 amide bonds. The SMILES string of the molecule is Cc1cc(OCNCc2ccc(-n3c(=S)[nH][nH]c3=S)cc2)ccc1N1NC(=O)CC1c1ccccc1. The molecule has 0 saturated carbocycles. The van der Waals surface area contributed by atoms with E-state index in [2.05, 4.69) is 33.1 Å². The van der Waals surface area contributed by atoms with Crippen molar-refractivity contribution < 1.29 is 9.53 Å². The van der Waals surface area contributed by atoms with Gasteiger partial charge in [-0.3, -0.25) is 35.3 Å². The summed E-state index contributed by atoms with van der Waals surface area (Å²) in [6.45, 7) is 3.04. The second kappa shape index (κ2) is 10.5. The van der Waals surface area contributed by atoms with Crippen LogP contribution in [0.4, 0.5) is 5.69 Å². The van der Waals surface area contributed by atoms with Gasteiger partial charge in [0, 0.05) is 6.54 Å². The minimum absolute atomic E-state index is 0.0139. The van der Waals surface area contributed by atoms with Crippen LogP contribution in [-0.2, 0) is 11.3 Å². The number of carbonyl (C=O) groups is 1. The molecule has 1 aromatic heterocycles. The number of H-pyrrole nitrogens is 2. The van der Waals surface area contributed by atoms with Crippen molar-refractivity contribution in [2.45, 2.75) is 25.9 Å². The number of hydrazine groups is 1.